The van der Waals surface area contributed by atoms with Crippen molar-refractivity contribution in [2.24, 2.45) is 11.7 Å². The van der Waals surface area contributed by atoms with Crippen molar-refractivity contribution in [3.63, 3.8) is 0 Å². The molecule has 2 aliphatic rings. The van der Waals surface area contributed by atoms with Crippen LogP contribution in [0.3, 0.4) is 0 Å². The SMILES string of the molecule is CCC(C)[C@H](N)C(=O)N1CCC[C@H]1C(=O)N1CCC[C@H]1C(=O)OCc1ccccc1.Cl. The number of nitrogens with two attached hydrogens (primary N) is 1. The molecule has 2 amide bonds. The topological polar surface area (TPSA) is 92.9 Å². The molecule has 0 spiro atoms. The molecule has 2 heterocycles. The number of hydrogen-bond donors (Lipinski definition) is 1. The Bertz CT molecular complexity index is 760. The zero-order chi connectivity index (χ0) is 21.7. The Hall–Kier alpha value is -2.12. The summed E-state index contributed by atoms with van der Waals surface area (Å²) in [6.07, 6.45) is 3.53. The number of hydrogen-bond acceptors (Lipinski definition) is 5. The molecule has 2 fully saturated rings. The molecule has 3 rings (SSSR count). The molecule has 0 saturated carbocycles. The van der Waals surface area contributed by atoms with E-state index >= 15 is 0 Å². The van der Waals surface area contributed by atoms with Crippen LogP contribution in [0.2, 0.25) is 0 Å². The van der Waals surface area contributed by atoms with Crippen LogP contribution in [0.15, 0.2) is 30.3 Å². The molecule has 172 valence electrons. The molecule has 2 saturated heterocycles. The predicted octanol–water partition coefficient (Wildman–Crippen LogP) is 2.51. The second-order valence-electron chi connectivity index (χ2n) is 8.38. The van der Waals surface area contributed by atoms with Gasteiger partial charge in [-0.05, 0) is 37.2 Å². The number of nitrogens with zero attached hydrogens (tertiary/aromatic N) is 2. The summed E-state index contributed by atoms with van der Waals surface area (Å²) >= 11 is 0. The van der Waals surface area contributed by atoms with Gasteiger partial charge < -0.3 is 20.3 Å². The molecule has 2 N–H and O–H groups in total. The molecule has 0 radical (unpaired) electrons. The first-order chi connectivity index (χ1) is 14.4. The van der Waals surface area contributed by atoms with Crippen molar-refractivity contribution < 1.29 is 19.1 Å². The van der Waals surface area contributed by atoms with Crippen LogP contribution in [0.5, 0.6) is 0 Å². The highest BCUT2D eigenvalue weighted by Gasteiger charge is 2.43. The highest BCUT2D eigenvalue weighted by atomic mass is 35.5. The molecule has 4 atom stereocenters. The molecular formula is C23H34ClN3O4. The quantitative estimate of drug-likeness (QED) is 0.643. The van der Waals surface area contributed by atoms with Crippen LogP contribution in [0.4, 0.5) is 0 Å². The molecule has 2 aliphatic heterocycles. The Kier molecular flexibility index (Phi) is 9.32. The van der Waals surface area contributed by atoms with E-state index in [1.165, 1.54) is 0 Å². The molecule has 0 bridgehead atoms. The first-order valence-corrected chi connectivity index (χ1v) is 11.0. The number of likely N-dealkylation sites (tertiary alicyclic amines) is 2. The number of carbonyl (C=O) groups excluding carboxylic acids is 3. The zero-order valence-corrected chi connectivity index (χ0v) is 19.2. The van der Waals surface area contributed by atoms with Crippen molar-refractivity contribution in [1.82, 2.24) is 9.80 Å². The van der Waals surface area contributed by atoms with Gasteiger partial charge in [-0.25, -0.2) is 4.79 Å². The van der Waals surface area contributed by atoms with Gasteiger partial charge in [0, 0.05) is 13.1 Å². The van der Waals surface area contributed by atoms with Crippen molar-refractivity contribution in [2.45, 2.75) is 70.7 Å². The number of esters is 1. The van der Waals surface area contributed by atoms with E-state index in [1.807, 2.05) is 44.2 Å². The minimum Gasteiger partial charge on any atom is -0.459 e. The Morgan fingerprint density at radius 3 is 2.32 bits per heavy atom. The second kappa shape index (κ2) is 11.5. The largest absolute Gasteiger partial charge is 0.459 e. The number of benzene rings is 1. The summed E-state index contributed by atoms with van der Waals surface area (Å²) in [5, 5.41) is 0. The van der Waals surface area contributed by atoms with E-state index in [4.69, 9.17) is 10.5 Å². The molecule has 0 aromatic heterocycles. The maximum Gasteiger partial charge on any atom is 0.329 e. The molecule has 31 heavy (non-hydrogen) atoms. The van der Waals surface area contributed by atoms with Crippen molar-refractivity contribution in [3.8, 4) is 0 Å². The fourth-order valence-electron chi connectivity index (χ4n) is 4.27. The average molecular weight is 452 g/mol. The molecule has 1 aromatic carbocycles. The molecule has 0 aliphatic carbocycles. The van der Waals surface area contributed by atoms with Crippen LogP contribution in [-0.2, 0) is 25.7 Å². The molecule has 1 unspecified atom stereocenters. The third kappa shape index (κ3) is 5.77. The summed E-state index contributed by atoms with van der Waals surface area (Å²) in [5.74, 6) is -0.641. The van der Waals surface area contributed by atoms with Crippen LogP contribution in [0, 0.1) is 5.92 Å². The van der Waals surface area contributed by atoms with Crippen molar-refractivity contribution >= 4 is 30.2 Å². The van der Waals surface area contributed by atoms with Gasteiger partial charge in [-0.2, -0.15) is 0 Å². The smallest absolute Gasteiger partial charge is 0.329 e. The predicted molar refractivity (Wildman–Crippen MR) is 120 cm³/mol. The maximum absolute atomic E-state index is 13.3. The minimum absolute atomic E-state index is 0. The third-order valence-electron chi connectivity index (χ3n) is 6.39. The van der Waals surface area contributed by atoms with Crippen LogP contribution in [0.25, 0.3) is 0 Å². The highest BCUT2D eigenvalue weighted by Crippen LogP contribution is 2.27. The Balaban J connectivity index is 0.00000341. The Morgan fingerprint density at radius 2 is 1.68 bits per heavy atom. The lowest BCUT2D eigenvalue weighted by molar-refractivity contribution is -0.156. The molecular weight excluding hydrogens is 418 g/mol. The van der Waals surface area contributed by atoms with E-state index in [0.29, 0.717) is 25.9 Å². The zero-order valence-electron chi connectivity index (χ0n) is 18.4. The first-order valence-electron chi connectivity index (χ1n) is 11.0. The lowest BCUT2D eigenvalue weighted by atomic mass is 9.98. The van der Waals surface area contributed by atoms with Crippen LogP contribution >= 0.6 is 12.4 Å². The summed E-state index contributed by atoms with van der Waals surface area (Å²) in [5.41, 5.74) is 7.06. The van der Waals surface area contributed by atoms with E-state index in [1.54, 1.807) is 9.80 Å². The Morgan fingerprint density at radius 1 is 1.06 bits per heavy atom. The van der Waals surface area contributed by atoms with Crippen molar-refractivity contribution in [3.05, 3.63) is 35.9 Å². The molecule has 1 aromatic rings. The van der Waals surface area contributed by atoms with Crippen LogP contribution < -0.4 is 5.73 Å². The normalized spacial score (nSPS) is 22.5. The maximum atomic E-state index is 13.3. The number of carbonyl (C=O) groups is 3. The molecule has 8 heteroatoms. The van der Waals surface area contributed by atoms with E-state index < -0.39 is 18.1 Å². The average Bonchev–Trinajstić information content (AvgIpc) is 3.46. The van der Waals surface area contributed by atoms with Crippen molar-refractivity contribution in [2.75, 3.05) is 13.1 Å². The summed E-state index contributed by atoms with van der Waals surface area (Å²) in [6, 6.07) is 7.77. The molecule has 7 nitrogen and oxygen atoms in total. The van der Waals surface area contributed by atoms with E-state index in [2.05, 4.69) is 0 Å². The van der Waals surface area contributed by atoms with Gasteiger partial charge >= 0.3 is 5.97 Å². The first kappa shape index (κ1) is 25.1. The van der Waals surface area contributed by atoms with Gasteiger partial charge in [-0.3, -0.25) is 9.59 Å². The second-order valence-corrected chi connectivity index (χ2v) is 8.38. The van der Waals surface area contributed by atoms with Crippen LogP contribution in [0.1, 0.15) is 51.5 Å². The van der Waals surface area contributed by atoms with Gasteiger partial charge in [0.2, 0.25) is 11.8 Å². The fraction of sp³-hybridized carbons (Fsp3) is 0.609. The minimum atomic E-state index is -0.603. The third-order valence-corrected chi connectivity index (χ3v) is 6.39. The summed E-state index contributed by atoms with van der Waals surface area (Å²) in [7, 11) is 0. The van der Waals surface area contributed by atoms with E-state index in [-0.39, 0.29) is 42.7 Å². The Labute approximate surface area is 190 Å². The standard InChI is InChI=1S/C23H33N3O4.ClH/c1-3-16(2)20(24)22(28)25-13-7-11-18(25)21(27)26-14-8-12-19(26)23(29)30-15-17-9-5-4-6-10-17;/h4-6,9-10,16,18-20H,3,7-8,11-15,24H2,1-2H3;1H/t16?,18-,19-,20-;/m0./s1. The fourth-order valence-corrected chi connectivity index (χ4v) is 4.27. The van der Waals surface area contributed by atoms with Gasteiger partial charge in [0.1, 0.15) is 18.7 Å². The van der Waals surface area contributed by atoms with Crippen molar-refractivity contribution in [1.29, 1.82) is 0 Å². The van der Waals surface area contributed by atoms with Crippen LogP contribution in [-0.4, -0.2) is 58.8 Å². The van der Waals surface area contributed by atoms with Gasteiger partial charge in [0.05, 0.1) is 6.04 Å². The number of amides is 2. The number of halogens is 1. The number of ether oxygens (including phenoxy) is 1. The highest BCUT2D eigenvalue weighted by molar-refractivity contribution is 5.93. The van der Waals surface area contributed by atoms with E-state index in [9.17, 15) is 14.4 Å². The number of rotatable bonds is 7. The van der Waals surface area contributed by atoms with E-state index in [0.717, 1.165) is 24.8 Å². The lowest BCUT2D eigenvalue weighted by Gasteiger charge is -2.32. The van der Waals surface area contributed by atoms with Gasteiger partial charge in [-0.1, -0.05) is 50.6 Å². The summed E-state index contributed by atoms with van der Waals surface area (Å²) in [4.78, 5) is 42.1. The van der Waals surface area contributed by atoms with Gasteiger partial charge in [-0.15, -0.1) is 12.4 Å². The van der Waals surface area contributed by atoms with Gasteiger partial charge in [0.15, 0.2) is 0 Å². The monoisotopic (exact) mass is 451 g/mol. The lowest BCUT2D eigenvalue weighted by Crippen LogP contribution is -2.55. The summed E-state index contributed by atoms with van der Waals surface area (Å²) in [6.45, 7) is 5.20. The van der Waals surface area contributed by atoms with Gasteiger partial charge in [0.25, 0.3) is 0 Å². The summed E-state index contributed by atoms with van der Waals surface area (Å²) < 4.78 is 5.48.